The molecule has 0 saturated carbocycles. The van der Waals surface area contributed by atoms with Gasteiger partial charge in [0.1, 0.15) is 13.2 Å². The van der Waals surface area contributed by atoms with Gasteiger partial charge in [-0.2, -0.15) is 0 Å². The summed E-state index contributed by atoms with van der Waals surface area (Å²) < 4.78 is 5.62. The van der Waals surface area contributed by atoms with Crippen LogP contribution >= 0.6 is 0 Å². The van der Waals surface area contributed by atoms with Gasteiger partial charge in [-0.05, 0) is 46.9 Å². The number of ether oxygens (including phenoxy) is 1. The van der Waals surface area contributed by atoms with Gasteiger partial charge in [0.25, 0.3) is 0 Å². The lowest BCUT2D eigenvalue weighted by Crippen LogP contribution is -2.39. The summed E-state index contributed by atoms with van der Waals surface area (Å²) >= 11 is 0. The number of carboxylic acids is 1. The van der Waals surface area contributed by atoms with Crippen LogP contribution in [0.15, 0.2) is 48.5 Å². The predicted octanol–water partition coefficient (Wildman–Crippen LogP) is 4.90. The third-order valence-electron chi connectivity index (χ3n) is 6.32. The van der Waals surface area contributed by atoms with Crippen LogP contribution < -0.4 is 5.32 Å². The van der Waals surface area contributed by atoms with Crippen LogP contribution in [-0.4, -0.2) is 54.2 Å². The number of amides is 2. The SMILES string of the molecule is CCCN(CC(=O)O)C(=O)C[C@@H](CNC(=O)OCC1c2ccccc2-c2ccccc21)CC(C)C. The third-order valence-corrected chi connectivity index (χ3v) is 6.32. The number of carbonyl (C=O) groups excluding carboxylic acids is 2. The van der Waals surface area contributed by atoms with Crippen molar-refractivity contribution in [2.75, 3.05) is 26.2 Å². The van der Waals surface area contributed by atoms with Crippen LogP contribution in [0.2, 0.25) is 0 Å². The van der Waals surface area contributed by atoms with E-state index in [-0.39, 0.29) is 37.3 Å². The van der Waals surface area contributed by atoms with E-state index in [0.29, 0.717) is 25.4 Å². The number of carboxylic acid groups (broad SMARTS) is 1. The summed E-state index contributed by atoms with van der Waals surface area (Å²) in [4.78, 5) is 37.8. The maximum atomic E-state index is 12.8. The first kappa shape index (κ1) is 26.3. The van der Waals surface area contributed by atoms with E-state index >= 15 is 0 Å². The molecule has 7 nitrogen and oxygen atoms in total. The van der Waals surface area contributed by atoms with E-state index in [1.807, 2.05) is 31.2 Å². The first-order valence-corrected chi connectivity index (χ1v) is 12.4. The van der Waals surface area contributed by atoms with E-state index in [9.17, 15) is 14.4 Å². The Balaban J connectivity index is 1.57. The highest BCUT2D eigenvalue weighted by Gasteiger charge is 2.29. The summed E-state index contributed by atoms with van der Waals surface area (Å²) in [6.45, 7) is 6.66. The smallest absolute Gasteiger partial charge is 0.407 e. The fraction of sp³-hybridized carbons (Fsp3) is 0.464. The van der Waals surface area contributed by atoms with E-state index in [0.717, 1.165) is 17.5 Å². The van der Waals surface area contributed by atoms with Crippen LogP contribution in [0.5, 0.6) is 0 Å². The van der Waals surface area contributed by atoms with E-state index in [2.05, 4.69) is 43.4 Å². The number of alkyl carbamates (subject to hydrolysis) is 1. The Labute approximate surface area is 207 Å². The van der Waals surface area contributed by atoms with Gasteiger partial charge in [-0.1, -0.05) is 69.3 Å². The molecule has 1 aliphatic carbocycles. The molecule has 1 aliphatic rings. The molecule has 0 spiro atoms. The second-order valence-corrected chi connectivity index (χ2v) is 9.62. The number of benzene rings is 2. The summed E-state index contributed by atoms with van der Waals surface area (Å²) in [6.07, 6.45) is 1.10. The molecule has 2 aromatic rings. The Morgan fingerprint density at radius 3 is 2.17 bits per heavy atom. The number of nitrogens with zero attached hydrogens (tertiary/aromatic N) is 1. The van der Waals surface area contributed by atoms with E-state index < -0.39 is 12.1 Å². The van der Waals surface area contributed by atoms with E-state index in [4.69, 9.17) is 9.84 Å². The Bertz CT molecular complexity index is 990. The molecule has 0 saturated heterocycles. The molecular formula is C28H36N2O5. The standard InChI is InChI=1S/C28H36N2O5/c1-4-13-30(17-27(32)33)26(31)15-20(14-19(2)3)16-29-28(34)35-18-25-23-11-7-5-9-21(23)22-10-6-8-12-24(22)25/h5-12,19-20,25H,4,13-18H2,1-3H3,(H,29,34)(H,32,33)/t20-/m0/s1. The Hall–Kier alpha value is -3.35. The fourth-order valence-electron chi connectivity index (χ4n) is 4.88. The maximum absolute atomic E-state index is 12.8. The number of aliphatic carboxylic acids is 1. The zero-order valence-corrected chi connectivity index (χ0v) is 20.8. The summed E-state index contributed by atoms with van der Waals surface area (Å²) in [5, 5.41) is 11.9. The van der Waals surface area contributed by atoms with Gasteiger partial charge in [-0.15, -0.1) is 0 Å². The van der Waals surface area contributed by atoms with Crippen molar-refractivity contribution < 1.29 is 24.2 Å². The van der Waals surface area contributed by atoms with Crippen LogP contribution in [-0.2, 0) is 14.3 Å². The van der Waals surface area contributed by atoms with Crippen molar-refractivity contribution in [1.29, 1.82) is 0 Å². The summed E-state index contributed by atoms with van der Waals surface area (Å²) in [7, 11) is 0. The molecular weight excluding hydrogens is 444 g/mol. The van der Waals surface area contributed by atoms with Gasteiger partial charge < -0.3 is 20.1 Å². The minimum atomic E-state index is -1.02. The zero-order valence-electron chi connectivity index (χ0n) is 20.8. The number of hydrogen-bond acceptors (Lipinski definition) is 4. The van der Waals surface area contributed by atoms with Crippen molar-refractivity contribution in [3.05, 3.63) is 59.7 Å². The molecule has 2 amide bonds. The molecule has 0 unspecified atom stereocenters. The van der Waals surface area contributed by atoms with Crippen LogP contribution in [0.1, 0.15) is 57.1 Å². The van der Waals surface area contributed by atoms with Crippen LogP contribution in [0.3, 0.4) is 0 Å². The van der Waals surface area contributed by atoms with E-state index in [1.54, 1.807) is 0 Å². The summed E-state index contributed by atoms with van der Waals surface area (Å²) in [5.74, 6) is -1.01. The molecule has 0 radical (unpaired) electrons. The largest absolute Gasteiger partial charge is 0.480 e. The second kappa shape index (κ2) is 12.4. The highest BCUT2D eigenvalue weighted by molar-refractivity contribution is 5.81. The molecule has 0 aliphatic heterocycles. The van der Waals surface area contributed by atoms with Crippen LogP contribution in [0.25, 0.3) is 11.1 Å². The average Bonchev–Trinajstić information content (AvgIpc) is 3.14. The molecule has 0 heterocycles. The van der Waals surface area contributed by atoms with Gasteiger partial charge in [0.05, 0.1) is 0 Å². The highest BCUT2D eigenvalue weighted by Crippen LogP contribution is 2.44. The molecule has 2 N–H and O–H groups in total. The first-order valence-electron chi connectivity index (χ1n) is 12.4. The number of hydrogen-bond donors (Lipinski definition) is 2. The van der Waals surface area contributed by atoms with Crippen LogP contribution in [0.4, 0.5) is 4.79 Å². The third kappa shape index (κ3) is 7.07. The first-order chi connectivity index (χ1) is 16.8. The Morgan fingerprint density at radius 2 is 1.63 bits per heavy atom. The highest BCUT2D eigenvalue weighted by atomic mass is 16.5. The molecule has 3 rings (SSSR count). The molecule has 7 heteroatoms. The van der Waals surface area contributed by atoms with Crippen molar-refractivity contribution in [3.8, 4) is 11.1 Å². The van der Waals surface area contributed by atoms with Crippen molar-refractivity contribution in [1.82, 2.24) is 10.2 Å². The molecule has 0 fully saturated rings. The lowest BCUT2D eigenvalue weighted by atomic mass is 9.93. The fourth-order valence-corrected chi connectivity index (χ4v) is 4.88. The number of nitrogens with one attached hydrogen (secondary N) is 1. The Morgan fingerprint density at radius 1 is 1.03 bits per heavy atom. The van der Waals surface area contributed by atoms with Crippen molar-refractivity contribution >= 4 is 18.0 Å². The number of fused-ring (bicyclic) bond motifs is 3. The van der Waals surface area contributed by atoms with Gasteiger partial charge in [-0.3, -0.25) is 9.59 Å². The second-order valence-electron chi connectivity index (χ2n) is 9.62. The molecule has 1 atom stereocenters. The van der Waals surface area contributed by atoms with E-state index in [1.165, 1.54) is 16.0 Å². The topological polar surface area (TPSA) is 95.9 Å². The van der Waals surface area contributed by atoms with Gasteiger partial charge >= 0.3 is 12.1 Å². The minimum absolute atomic E-state index is 0.0141. The van der Waals surface area contributed by atoms with Gasteiger partial charge in [0, 0.05) is 25.4 Å². The van der Waals surface area contributed by atoms with Crippen molar-refractivity contribution in [2.45, 2.75) is 46.0 Å². The van der Waals surface area contributed by atoms with Crippen molar-refractivity contribution in [3.63, 3.8) is 0 Å². The number of carbonyl (C=O) groups is 3. The normalized spacial score (nSPS) is 13.1. The van der Waals surface area contributed by atoms with Crippen LogP contribution in [0, 0.1) is 11.8 Å². The lowest BCUT2D eigenvalue weighted by molar-refractivity contribution is -0.144. The zero-order chi connectivity index (χ0) is 25.4. The lowest BCUT2D eigenvalue weighted by Gasteiger charge is -2.24. The molecule has 35 heavy (non-hydrogen) atoms. The Kier molecular flexibility index (Phi) is 9.29. The quantitative estimate of drug-likeness (QED) is 0.450. The monoisotopic (exact) mass is 480 g/mol. The van der Waals surface area contributed by atoms with Gasteiger partial charge in [0.2, 0.25) is 5.91 Å². The number of rotatable bonds is 12. The molecule has 188 valence electrons. The maximum Gasteiger partial charge on any atom is 0.407 e. The molecule has 2 aromatic carbocycles. The predicted molar refractivity (Wildman–Crippen MR) is 135 cm³/mol. The minimum Gasteiger partial charge on any atom is -0.480 e. The summed E-state index contributed by atoms with van der Waals surface area (Å²) in [6, 6.07) is 16.4. The summed E-state index contributed by atoms with van der Waals surface area (Å²) in [5.41, 5.74) is 4.65. The van der Waals surface area contributed by atoms with Gasteiger partial charge in [0.15, 0.2) is 0 Å². The average molecular weight is 481 g/mol. The van der Waals surface area contributed by atoms with Crippen molar-refractivity contribution in [2.24, 2.45) is 11.8 Å². The van der Waals surface area contributed by atoms with Gasteiger partial charge in [-0.25, -0.2) is 4.79 Å². The molecule has 0 bridgehead atoms. The molecule has 0 aromatic heterocycles.